The molecule has 0 saturated heterocycles. The first kappa shape index (κ1) is 10.4. The largest absolute Gasteiger partial charge is 0.481 e. The van der Waals surface area contributed by atoms with Crippen molar-refractivity contribution in [3.8, 4) is 0 Å². The van der Waals surface area contributed by atoms with Crippen LogP contribution in [0.3, 0.4) is 0 Å². The maximum absolute atomic E-state index is 10.0. The summed E-state index contributed by atoms with van der Waals surface area (Å²) in [5.74, 6) is -0.679. The van der Waals surface area contributed by atoms with Gasteiger partial charge in [-0.15, -0.1) is 0 Å². The Morgan fingerprint density at radius 2 is 2.10 bits per heavy atom. The summed E-state index contributed by atoms with van der Waals surface area (Å²) in [6.45, 7) is 0. The number of hydrogen-bond donors (Lipinski definition) is 1. The fourth-order valence-corrected chi connectivity index (χ4v) is 1.87. The molecule has 60 valence electrons. The molecule has 0 radical (unpaired) electrons. The Labute approximate surface area is 70.9 Å². The highest BCUT2D eigenvalue weighted by Gasteiger charge is 1.94. The molecule has 0 fully saturated rings. The van der Waals surface area contributed by atoms with Crippen molar-refractivity contribution in [1.29, 1.82) is 0 Å². The second kappa shape index (κ2) is 7.49. The van der Waals surface area contributed by atoms with Crippen molar-refractivity contribution in [2.75, 3.05) is 6.16 Å². The molecule has 0 rings (SSSR count). The van der Waals surface area contributed by atoms with Crippen molar-refractivity contribution in [2.24, 2.45) is 0 Å². The number of carbonyl (C=O) groups is 1. The van der Waals surface area contributed by atoms with Gasteiger partial charge in [-0.2, -0.15) is 0 Å². The van der Waals surface area contributed by atoms with Crippen molar-refractivity contribution in [2.45, 2.75) is 25.7 Å². The van der Waals surface area contributed by atoms with Gasteiger partial charge in [0.1, 0.15) is 0 Å². The molecule has 10 heavy (non-hydrogen) atoms. The van der Waals surface area contributed by atoms with Crippen LogP contribution in [0.25, 0.3) is 0 Å². The third-order valence-corrected chi connectivity index (χ3v) is 2.89. The smallest absolute Gasteiger partial charge is 0.303 e. The topological polar surface area (TPSA) is 37.3 Å². The molecule has 0 aliphatic rings. The summed E-state index contributed by atoms with van der Waals surface area (Å²) in [6.07, 6.45) is 4.53. The average molecular weight is 227 g/mol. The zero-order valence-electron chi connectivity index (χ0n) is 5.77. The van der Waals surface area contributed by atoms with Crippen molar-refractivity contribution in [3.05, 3.63) is 0 Å². The lowest BCUT2D eigenvalue weighted by Gasteiger charge is -1.94. The Balaban J connectivity index is 2.84. The van der Waals surface area contributed by atoms with Crippen LogP contribution >= 0.6 is 22.8 Å². The van der Waals surface area contributed by atoms with Gasteiger partial charge in [0.15, 0.2) is 0 Å². The van der Waals surface area contributed by atoms with Crippen LogP contribution in [0.1, 0.15) is 25.7 Å². The van der Waals surface area contributed by atoms with E-state index in [-0.39, 0.29) is 0 Å². The van der Waals surface area contributed by atoms with E-state index in [9.17, 15) is 4.79 Å². The number of rotatable bonds is 6. The molecule has 2 nitrogen and oxygen atoms in total. The van der Waals surface area contributed by atoms with Crippen molar-refractivity contribution in [3.63, 3.8) is 0 Å². The van der Waals surface area contributed by atoms with Gasteiger partial charge in [0, 0.05) is 6.42 Å². The van der Waals surface area contributed by atoms with E-state index in [1.54, 1.807) is 0 Å². The second-order valence-electron chi connectivity index (χ2n) is 2.09. The highest BCUT2D eigenvalue weighted by atomic mass is 79.9. The lowest BCUT2D eigenvalue weighted by atomic mass is 10.2. The molecule has 1 atom stereocenters. The molecular weight excluding hydrogens is 215 g/mol. The normalized spacial score (nSPS) is 10.9. The quantitative estimate of drug-likeness (QED) is 0.559. The summed E-state index contributed by atoms with van der Waals surface area (Å²) in [5.41, 5.74) is 0. The molecule has 0 bridgehead atoms. The lowest BCUT2D eigenvalue weighted by Crippen LogP contribution is -1.93. The van der Waals surface area contributed by atoms with Crippen LogP contribution in [-0.2, 0) is 4.79 Å². The van der Waals surface area contributed by atoms with Crippen LogP contribution in [0.4, 0.5) is 0 Å². The number of carboxylic acid groups (broad SMARTS) is 1. The molecule has 0 amide bonds. The molecule has 0 aromatic rings. The van der Waals surface area contributed by atoms with E-state index >= 15 is 0 Å². The highest BCUT2D eigenvalue weighted by Crippen LogP contribution is 2.21. The van der Waals surface area contributed by atoms with E-state index < -0.39 is 5.97 Å². The highest BCUT2D eigenvalue weighted by molar-refractivity contribution is 9.36. The van der Waals surface area contributed by atoms with Crippen LogP contribution in [-0.4, -0.2) is 17.2 Å². The maximum atomic E-state index is 10.0. The summed E-state index contributed by atoms with van der Waals surface area (Å²) >= 11 is 3.34. The van der Waals surface area contributed by atoms with Gasteiger partial charge in [0.25, 0.3) is 0 Å². The van der Waals surface area contributed by atoms with Crippen molar-refractivity contribution < 1.29 is 9.90 Å². The molecule has 0 saturated carbocycles. The molecule has 0 aliphatic heterocycles. The number of aliphatic carboxylic acids is 1. The zero-order chi connectivity index (χ0) is 7.82. The summed E-state index contributed by atoms with van der Waals surface area (Å²) in [4.78, 5) is 10.0. The molecule has 0 aromatic carbocycles. The minimum atomic E-state index is -0.679. The zero-order valence-corrected chi connectivity index (χ0v) is 8.35. The molecule has 0 aliphatic carbocycles. The first-order chi connectivity index (χ1) is 4.77. The Bertz CT molecular complexity index is 97.7. The Hall–Kier alpha value is 0.380. The van der Waals surface area contributed by atoms with Crippen molar-refractivity contribution >= 4 is 28.7 Å². The van der Waals surface area contributed by atoms with E-state index in [0.29, 0.717) is 6.42 Å². The summed E-state index contributed by atoms with van der Waals surface area (Å²) in [7, 11) is 0.829. The first-order valence-corrected chi connectivity index (χ1v) is 6.79. The number of halogens is 1. The van der Waals surface area contributed by atoms with E-state index in [0.717, 1.165) is 26.5 Å². The van der Waals surface area contributed by atoms with Gasteiger partial charge in [-0.3, -0.25) is 4.79 Å². The summed E-state index contributed by atoms with van der Waals surface area (Å²) in [5, 5.41) is 8.26. The van der Waals surface area contributed by atoms with E-state index in [1.807, 2.05) is 0 Å². The SMILES string of the molecule is O=C(O)CCCCCPBr. The number of unbranched alkanes of at least 4 members (excludes halogenated alkanes) is 2. The monoisotopic (exact) mass is 226 g/mol. The van der Waals surface area contributed by atoms with E-state index in [1.165, 1.54) is 6.16 Å². The minimum absolute atomic E-state index is 0.325. The minimum Gasteiger partial charge on any atom is -0.481 e. The summed E-state index contributed by atoms with van der Waals surface area (Å²) in [6, 6.07) is 0. The van der Waals surface area contributed by atoms with Gasteiger partial charge in [-0.1, -0.05) is 29.2 Å². The second-order valence-corrected chi connectivity index (χ2v) is 4.54. The van der Waals surface area contributed by atoms with E-state index in [2.05, 4.69) is 15.5 Å². The maximum Gasteiger partial charge on any atom is 0.303 e. The molecule has 0 spiro atoms. The third kappa shape index (κ3) is 8.38. The van der Waals surface area contributed by atoms with Crippen LogP contribution < -0.4 is 0 Å². The van der Waals surface area contributed by atoms with Crippen LogP contribution in [0, 0.1) is 0 Å². The first-order valence-electron chi connectivity index (χ1n) is 3.32. The summed E-state index contributed by atoms with van der Waals surface area (Å²) < 4.78 is 0. The van der Waals surface area contributed by atoms with Gasteiger partial charge in [-0.05, 0) is 19.0 Å². The third-order valence-electron chi connectivity index (χ3n) is 1.16. The molecular formula is C6H12BrO2P. The Morgan fingerprint density at radius 3 is 2.60 bits per heavy atom. The molecule has 1 N–H and O–H groups in total. The molecule has 0 heterocycles. The number of hydrogen-bond acceptors (Lipinski definition) is 1. The molecule has 0 aromatic heterocycles. The fraction of sp³-hybridized carbons (Fsp3) is 0.833. The molecule has 4 heteroatoms. The predicted octanol–water partition coefficient (Wildman–Crippen LogP) is 2.62. The van der Waals surface area contributed by atoms with Crippen molar-refractivity contribution in [1.82, 2.24) is 0 Å². The van der Waals surface area contributed by atoms with Gasteiger partial charge in [-0.25, -0.2) is 0 Å². The lowest BCUT2D eigenvalue weighted by molar-refractivity contribution is -0.137. The van der Waals surface area contributed by atoms with Gasteiger partial charge in [0.05, 0.1) is 0 Å². The Kier molecular flexibility index (Phi) is 7.77. The van der Waals surface area contributed by atoms with Gasteiger partial charge < -0.3 is 5.11 Å². The fourth-order valence-electron chi connectivity index (χ4n) is 0.645. The average Bonchev–Trinajstić information content (AvgIpc) is 1.87. The van der Waals surface area contributed by atoms with Gasteiger partial charge in [0.2, 0.25) is 0 Å². The predicted molar refractivity (Wildman–Crippen MR) is 48.2 cm³/mol. The van der Waals surface area contributed by atoms with Gasteiger partial charge >= 0.3 is 5.97 Å². The number of carboxylic acids is 1. The van der Waals surface area contributed by atoms with Crippen LogP contribution in [0.5, 0.6) is 0 Å². The van der Waals surface area contributed by atoms with E-state index in [4.69, 9.17) is 5.11 Å². The standard InChI is InChI=1S/C6H12BrO2P/c7-10-5-3-1-2-4-6(8)9/h10H,1-5H2,(H,8,9). The molecule has 1 unspecified atom stereocenters. The van der Waals surface area contributed by atoms with Crippen LogP contribution in [0.2, 0.25) is 0 Å². The Morgan fingerprint density at radius 1 is 1.40 bits per heavy atom. The van der Waals surface area contributed by atoms with Crippen LogP contribution in [0.15, 0.2) is 0 Å².